The molecule has 94 valence electrons. The van der Waals surface area contributed by atoms with Crippen molar-refractivity contribution in [2.75, 3.05) is 7.11 Å². The number of hydrogen-bond acceptors (Lipinski definition) is 1. The van der Waals surface area contributed by atoms with E-state index in [4.69, 9.17) is 27.9 Å². The summed E-state index contributed by atoms with van der Waals surface area (Å²) < 4.78 is 5.15. The lowest BCUT2D eigenvalue weighted by Crippen LogP contribution is -2.11. The summed E-state index contributed by atoms with van der Waals surface area (Å²) in [6.07, 6.45) is 3.77. The summed E-state index contributed by atoms with van der Waals surface area (Å²) in [5.74, 6) is 2.01. The van der Waals surface area contributed by atoms with Crippen molar-refractivity contribution in [3.63, 3.8) is 0 Å². The highest BCUT2D eigenvalue weighted by Gasteiger charge is 2.31. The van der Waals surface area contributed by atoms with Crippen molar-refractivity contribution in [3.05, 3.63) is 28.8 Å². The number of ether oxygens (including phenoxy) is 1. The fourth-order valence-electron chi connectivity index (χ4n) is 2.70. The van der Waals surface area contributed by atoms with Gasteiger partial charge in [0.05, 0.1) is 12.5 Å². The molecule has 1 nitrogen and oxygen atoms in total. The average molecular weight is 273 g/mol. The van der Waals surface area contributed by atoms with Crippen molar-refractivity contribution in [1.29, 1.82) is 0 Å². The molecule has 0 heterocycles. The Balaban J connectivity index is 2.21. The fraction of sp³-hybridized carbons (Fsp3) is 0.571. The molecule has 2 rings (SSSR count). The predicted molar refractivity (Wildman–Crippen MR) is 73.1 cm³/mol. The zero-order valence-corrected chi connectivity index (χ0v) is 11.8. The maximum absolute atomic E-state index is 6.58. The van der Waals surface area contributed by atoms with E-state index in [0.29, 0.717) is 16.9 Å². The number of halogens is 2. The molecule has 1 aromatic rings. The van der Waals surface area contributed by atoms with Gasteiger partial charge < -0.3 is 4.74 Å². The van der Waals surface area contributed by atoms with Crippen LogP contribution < -0.4 is 4.74 Å². The van der Waals surface area contributed by atoms with Crippen molar-refractivity contribution in [1.82, 2.24) is 0 Å². The van der Waals surface area contributed by atoms with Crippen molar-refractivity contribution in [2.24, 2.45) is 11.8 Å². The largest absolute Gasteiger partial charge is 0.497 e. The first-order chi connectivity index (χ1) is 8.13. The van der Waals surface area contributed by atoms with Crippen molar-refractivity contribution >= 4 is 23.2 Å². The van der Waals surface area contributed by atoms with E-state index in [-0.39, 0.29) is 5.38 Å². The molecule has 0 amide bonds. The zero-order chi connectivity index (χ0) is 12.4. The van der Waals surface area contributed by atoms with E-state index in [1.165, 1.54) is 19.3 Å². The molecule has 0 aliphatic heterocycles. The molecule has 1 saturated carbocycles. The highest BCUT2D eigenvalue weighted by Crippen LogP contribution is 2.45. The Morgan fingerprint density at radius 3 is 2.65 bits per heavy atom. The Kier molecular flexibility index (Phi) is 4.22. The standard InChI is InChI=1S/C14H18Cl2O/c1-9-4-3-5-11(9)14(16)12-7-6-10(17-2)8-13(12)15/h6-9,11,14H,3-5H2,1-2H3. The van der Waals surface area contributed by atoms with E-state index in [9.17, 15) is 0 Å². The Hall–Kier alpha value is -0.400. The zero-order valence-electron chi connectivity index (χ0n) is 10.2. The number of benzene rings is 1. The van der Waals surface area contributed by atoms with Gasteiger partial charge in [-0.05, 0) is 36.0 Å². The maximum atomic E-state index is 6.58. The second-order valence-electron chi connectivity index (χ2n) is 4.86. The van der Waals surface area contributed by atoms with Gasteiger partial charge in [0.2, 0.25) is 0 Å². The Labute approximate surface area is 113 Å². The van der Waals surface area contributed by atoms with Crippen LogP contribution in [0.2, 0.25) is 5.02 Å². The highest BCUT2D eigenvalue weighted by atomic mass is 35.5. The van der Waals surface area contributed by atoms with Crippen LogP contribution in [0.5, 0.6) is 5.75 Å². The molecule has 3 heteroatoms. The molecule has 1 aliphatic rings. The summed E-state index contributed by atoms with van der Waals surface area (Å²) in [4.78, 5) is 0. The fourth-order valence-corrected chi connectivity index (χ4v) is 3.61. The smallest absolute Gasteiger partial charge is 0.120 e. The Bertz CT molecular complexity index is 392. The van der Waals surface area contributed by atoms with Crippen LogP contribution in [-0.2, 0) is 0 Å². The molecule has 0 aromatic heterocycles. The minimum Gasteiger partial charge on any atom is -0.497 e. The van der Waals surface area contributed by atoms with Gasteiger partial charge in [0.25, 0.3) is 0 Å². The SMILES string of the molecule is COc1ccc(C(Cl)C2CCCC2C)c(Cl)c1. The summed E-state index contributed by atoms with van der Waals surface area (Å²) in [5.41, 5.74) is 1.04. The van der Waals surface area contributed by atoms with E-state index < -0.39 is 0 Å². The highest BCUT2D eigenvalue weighted by molar-refractivity contribution is 6.33. The minimum atomic E-state index is 0.0194. The van der Waals surface area contributed by atoms with Crippen LogP contribution >= 0.6 is 23.2 Å². The molecular weight excluding hydrogens is 255 g/mol. The normalized spacial score (nSPS) is 25.9. The lowest BCUT2D eigenvalue weighted by molar-refractivity contribution is 0.403. The van der Waals surface area contributed by atoms with E-state index in [1.54, 1.807) is 7.11 Å². The summed E-state index contributed by atoms with van der Waals surface area (Å²) >= 11 is 12.8. The van der Waals surface area contributed by atoms with Crippen molar-refractivity contribution < 1.29 is 4.74 Å². The van der Waals surface area contributed by atoms with E-state index >= 15 is 0 Å². The summed E-state index contributed by atoms with van der Waals surface area (Å²) in [5, 5.41) is 0.731. The number of hydrogen-bond donors (Lipinski definition) is 0. The third kappa shape index (κ3) is 2.71. The van der Waals surface area contributed by atoms with Crippen LogP contribution in [0.3, 0.4) is 0 Å². The molecule has 1 fully saturated rings. The number of rotatable bonds is 3. The van der Waals surface area contributed by atoms with Crippen LogP contribution in [-0.4, -0.2) is 7.11 Å². The average Bonchev–Trinajstić information content (AvgIpc) is 2.74. The monoisotopic (exact) mass is 272 g/mol. The molecule has 3 atom stereocenters. The lowest BCUT2D eigenvalue weighted by Gasteiger charge is -2.22. The second kappa shape index (κ2) is 5.49. The molecule has 0 N–H and O–H groups in total. The topological polar surface area (TPSA) is 9.23 Å². The minimum absolute atomic E-state index is 0.0194. The van der Waals surface area contributed by atoms with Crippen LogP contribution in [0.15, 0.2) is 18.2 Å². The molecule has 0 spiro atoms. The molecule has 0 radical (unpaired) electrons. The van der Waals surface area contributed by atoms with Gasteiger partial charge in [-0.1, -0.05) is 37.4 Å². The molecule has 1 aliphatic carbocycles. The molecule has 0 saturated heterocycles. The van der Waals surface area contributed by atoms with Crippen molar-refractivity contribution in [3.8, 4) is 5.75 Å². The second-order valence-corrected chi connectivity index (χ2v) is 5.74. The van der Waals surface area contributed by atoms with Gasteiger partial charge in [-0.3, -0.25) is 0 Å². The van der Waals surface area contributed by atoms with Crippen molar-refractivity contribution in [2.45, 2.75) is 31.6 Å². The summed E-state index contributed by atoms with van der Waals surface area (Å²) in [7, 11) is 1.64. The lowest BCUT2D eigenvalue weighted by atomic mass is 9.90. The quantitative estimate of drug-likeness (QED) is 0.699. The third-order valence-corrected chi connectivity index (χ3v) is 4.69. The number of methoxy groups -OCH3 is 1. The first-order valence-corrected chi connectivity index (χ1v) is 6.92. The van der Waals surface area contributed by atoms with E-state index in [1.807, 2.05) is 18.2 Å². The summed E-state index contributed by atoms with van der Waals surface area (Å²) in [6.45, 7) is 2.28. The van der Waals surface area contributed by atoms with Gasteiger partial charge in [0, 0.05) is 5.02 Å². The Morgan fingerprint density at radius 2 is 2.12 bits per heavy atom. The van der Waals surface area contributed by atoms with Crippen LogP contribution in [0.25, 0.3) is 0 Å². The Morgan fingerprint density at radius 1 is 1.35 bits per heavy atom. The maximum Gasteiger partial charge on any atom is 0.120 e. The van der Waals surface area contributed by atoms with Gasteiger partial charge in [-0.25, -0.2) is 0 Å². The van der Waals surface area contributed by atoms with Gasteiger partial charge in [0.15, 0.2) is 0 Å². The van der Waals surface area contributed by atoms with Crippen LogP contribution in [0.4, 0.5) is 0 Å². The van der Waals surface area contributed by atoms with Gasteiger partial charge in [-0.15, -0.1) is 11.6 Å². The third-order valence-electron chi connectivity index (χ3n) is 3.81. The van der Waals surface area contributed by atoms with Crippen LogP contribution in [0.1, 0.15) is 37.1 Å². The molecular formula is C14H18Cl2O. The van der Waals surface area contributed by atoms with Gasteiger partial charge in [-0.2, -0.15) is 0 Å². The molecule has 1 aromatic carbocycles. The van der Waals surface area contributed by atoms with Crippen LogP contribution in [0, 0.1) is 11.8 Å². The molecule has 0 bridgehead atoms. The number of alkyl halides is 1. The molecule has 17 heavy (non-hydrogen) atoms. The first-order valence-electron chi connectivity index (χ1n) is 6.11. The van der Waals surface area contributed by atoms with E-state index in [2.05, 4.69) is 6.92 Å². The first kappa shape index (κ1) is 13.0. The van der Waals surface area contributed by atoms with E-state index in [0.717, 1.165) is 11.3 Å². The predicted octanol–water partition coefficient (Wildman–Crippen LogP) is 5.06. The molecule has 3 unspecified atom stereocenters. The summed E-state index contributed by atoms with van der Waals surface area (Å²) in [6, 6.07) is 5.76. The van der Waals surface area contributed by atoms with Gasteiger partial charge in [0.1, 0.15) is 5.75 Å². The van der Waals surface area contributed by atoms with Gasteiger partial charge >= 0.3 is 0 Å².